The largest absolute Gasteiger partial charge is 0.328 e. The van der Waals surface area contributed by atoms with Crippen LogP contribution in [0.1, 0.15) is 28.9 Å². The van der Waals surface area contributed by atoms with E-state index < -0.39 is 0 Å². The van der Waals surface area contributed by atoms with Gasteiger partial charge in [-0.2, -0.15) is 5.10 Å². The van der Waals surface area contributed by atoms with Crippen LogP contribution in [-0.4, -0.2) is 51.6 Å². The van der Waals surface area contributed by atoms with Crippen molar-refractivity contribution in [1.29, 1.82) is 0 Å². The molecule has 6 heteroatoms. The van der Waals surface area contributed by atoms with E-state index in [-0.39, 0.29) is 18.3 Å². The normalized spacial score (nSPS) is 29.7. The second kappa shape index (κ2) is 4.96. The summed E-state index contributed by atoms with van der Waals surface area (Å²) < 4.78 is 0. The van der Waals surface area contributed by atoms with Crippen LogP contribution in [0.5, 0.6) is 0 Å². The van der Waals surface area contributed by atoms with Crippen LogP contribution in [0, 0.1) is 5.92 Å². The summed E-state index contributed by atoms with van der Waals surface area (Å²) in [5.74, 6) is 0.857. The maximum Gasteiger partial charge on any atom is 0.255 e. The molecule has 22 heavy (non-hydrogen) atoms. The maximum atomic E-state index is 12.9. The number of amides is 1. The first-order valence-corrected chi connectivity index (χ1v) is 7.80. The molecule has 3 fully saturated rings. The number of aromatic amines is 1. The number of nitrogens with zero attached hydrogens (tertiary/aromatic N) is 3. The van der Waals surface area contributed by atoms with Crippen LogP contribution in [0.2, 0.25) is 0 Å². The molecule has 0 saturated carbocycles. The van der Waals surface area contributed by atoms with E-state index in [0.29, 0.717) is 18.5 Å². The van der Waals surface area contributed by atoms with Crippen LogP contribution in [-0.2, 0) is 6.54 Å². The van der Waals surface area contributed by atoms with Crippen molar-refractivity contribution in [3.05, 3.63) is 29.5 Å². The molecule has 1 amide bonds. The SMILES string of the molecule is Cl.O=C1c2cccc3n[nH]c(c23)CN1[C@@H]1CN2CCC1CC2. The minimum Gasteiger partial charge on any atom is -0.328 e. The van der Waals surface area contributed by atoms with Crippen molar-refractivity contribution in [2.24, 2.45) is 5.92 Å². The number of fused-ring (bicyclic) bond motifs is 3. The lowest BCUT2D eigenvalue weighted by Gasteiger charge is -2.49. The molecule has 6 rings (SSSR count). The van der Waals surface area contributed by atoms with Gasteiger partial charge in [0, 0.05) is 18.0 Å². The van der Waals surface area contributed by atoms with Crippen molar-refractivity contribution < 1.29 is 4.79 Å². The van der Waals surface area contributed by atoms with E-state index in [2.05, 4.69) is 20.0 Å². The minimum atomic E-state index is 0. The summed E-state index contributed by atoms with van der Waals surface area (Å²) in [6.07, 6.45) is 2.46. The molecule has 3 saturated heterocycles. The molecule has 4 aliphatic rings. The number of carbonyl (C=O) groups excluding carboxylic acids is 1. The lowest BCUT2D eigenvalue weighted by molar-refractivity contribution is 0.00367. The number of aromatic nitrogens is 2. The average Bonchev–Trinajstić information content (AvgIpc) is 2.96. The van der Waals surface area contributed by atoms with Gasteiger partial charge >= 0.3 is 0 Å². The van der Waals surface area contributed by atoms with Crippen LogP contribution in [0.4, 0.5) is 0 Å². The Kier molecular flexibility index (Phi) is 3.16. The Morgan fingerprint density at radius 1 is 1.23 bits per heavy atom. The molecule has 1 aromatic carbocycles. The molecule has 4 aliphatic heterocycles. The number of hydrogen-bond acceptors (Lipinski definition) is 3. The summed E-state index contributed by atoms with van der Waals surface area (Å²) in [7, 11) is 0. The lowest BCUT2D eigenvalue weighted by Crippen LogP contribution is -2.58. The highest BCUT2D eigenvalue weighted by atomic mass is 35.5. The smallest absolute Gasteiger partial charge is 0.255 e. The zero-order valence-corrected chi connectivity index (χ0v) is 13.1. The molecule has 0 aliphatic carbocycles. The molecular formula is C16H19ClN4O. The van der Waals surface area contributed by atoms with Crippen LogP contribution in [0.3, 0.4) is 0 Å². The second-order valence-corrected chi connectivity index (χ2v) is 6.54. The van der Waals surface area contributed by atoms with E-state index in [1.165, 1.54) is 25.9 Å². The molecule has 1 aromatic heterocycles. The Bertz CT molecular complexity index is 735. The third-order valence-electron chi connectivity index (χ3n) is 5.50. The summed E-state index contributed by atoms with van der Waals surface area (Å²) in [5, 5.41) is 8.50. The number of carbonyl (C=O) groups is 1. The summed E-state index contributed by atoms with van der Waals surface area (Å²) in [6, 6.07) is 6.21. The van der Waals surface area contributed by atoms with E-state index in [0.717, 1.165) is 28.7 Å². The summed E-state index contributed by atoms with van der Waals surface area (Å²) in [4.78, 5) is 17.5. The van der Waals surface area contributed by atoms with Crippen LogP contribution < -0.4 is 0 Å². The second-order valence-electron chi connectivity index (χ2n) is 6.54. The van der Waals surface area contributed by atoms with Crippen molar-refractivity contribution in [3.63, 3.8) is 0 Å². The highest BCUT2D eigenvalue weighted by Gasteiger charge is 2.41. The maximum absolute atomic E-state index is 12.9. The monoisotopic (exact) mass is 318 g/mol. The van der Waals surface area contributed by atoms with Crippen molar-refractivity contribution in [2.75, 3.05) is 19.6 Å². The number of benzene rings is 1. The molecule has 116 valence electrons. The molecule has 0 spiro atoms. The predicted molar refractivity (Wildman–Crippen MR) is 86.2 cm³/mol. The predicted octanol–water partition coefficient (Wildman–Crippen LogP) is 2.03. The van der Waals surface area contributed by atoms with E-state index in [9.17, 15) is 4.79 Å². The molecule has 2 aromatic rings. The topological polar surface area (TPSA) is 52.2 Å². The van der Waals surface area contributed by atoms with E-state index in [1.807, 2.05) is 18.2 Å². The summed E-state index contributed by atoms with van der Waals surface area (Å²) in [5.41, 5.74) is 2.82. The van der Waals surface area contributed by atoms with Gasteiger partial charge in [0.15, 0.2) is 0 Å². The molecule has 5 nitrogen and oxygen atoms in total. The van der Waals surface area contributed by atoms with E-state index in [4.69, 9.17) is 0 Å². The highest BCUT2D eigenvalue weighted by molar-refractivity contribution is 6.09. The molecule has 1 N–H and O–H groups in total. The van der Waals surface area contributed by atoms with Gasteiger partial charge in [-0.1, -0.05) is 6.07 Å². The third-order valence-corrected chi connectivity index (χ3v) is 5.50. The Labute approximate surface area is 135 Å². The van der Waals surface area contributed by atoms with Crippen molar-refractivity contribution >= 4 is 29.2 Å². The number of H-pyrrole nitrogens is 1. The molecule has 0 radical (unpaired) electrons. The molecule has 5 heterocycles. The van der Waals surface area contributed by atoms with Gasteiger partial charge in [0.2, 0.25) is 0 Å². The lowest BCUT2D eigenvalue weighted by atomic mass is 9.82. The van der Waals surface area contributed by atoms with Crippen LogP contribution >= 0.6 is 12.4 Å². The Balaban J connectivity index is 0.00000125. The first kappa shape index (κ1) is 14.0. The molecule has 1 atom stereocenters. The molecule has 0 unspecified atom stereocenters. The Hall–Kier alpha value is -1.59. The Morgan fingerprint density at radius 2 is 2.05 bits per heavy atom. The Morgan fingerprint density at radius 3 is 2.77 bits per heavy atom. The fraction of sp³-hybridized carbons (Fsp3) is 0.500. The summed E-state index contributed by atoms with van der Waals surface area (Å²) in [6.45, 7) is 4.12. The third kappa shape index (κ3) is 1.82. The number of piperidine rings is 3. The van der Waals surface area contributed by atoms with Gasteiger partial charge in [-0.15, -0.1) is 12.4 Å². The van der Waals surface area contributed by atoms with Gasteiger partial charge in [-0.05, 0) is 44.0 Å². The van der Waals surface area contributed by atoms with Gasteiger partial charge < -0.3 is 9.80 Å². The van der Waals surface area contributed by atoms with Gasteiger partial charge in [-0.3, -0.25) is 9.89 Å². The van der Waals surface area contributed by atoms with Gasteiger partial charge in [0.1, 0.15) is 0 Å². The van der Waals surface area contributed by atoms with Gasteiger partial charge in [0.05, 0.1) is 23.3 Å². The average molecular weight is 319 g/mol. The highest BCUT2D eigenvalue weighted by Crippen LogP contribution is 2.36. The fourth-order valence-electron chi connectivity index (χ4n) is 4.38. The number of rotatable bonds is 1. The van der Waals surface area contributed by atoms with Crippen LogP contribution in [0.15, 0.2) is 18.2 Å². The first-order chi connectivity index (χ1) is 10.3. The van der Waals surface area contributed by atoms with Gasteiger partial charge in [0.25, 0.3) is 5.91 Å². The standard InChI is InChI=1S/C16H18N4O.ClH/c21-16-11-2-1-3-12-15(11)13(18-17-12)8-20(16)14-9-19-6-4-10(14)5-7-19;/h1-3,10,14H,4-9H2,(H,17,18);1H/t14-;/m1./s1. The quantitative estimate of drug-likeness (QED) is 0.875. The van der Waals surface area contributed by atoms with Crippen molar-refractivity contribution in [3.8, 4) is 0 Å². The van der Waals surface area contributed by atoms with Crippen molar-refractivity contribution in [2.45, 2.75) is 25.4 Å². The molecule has 2 bridgehead atoms. The number of hydrogen-bond donors (Lipinski definition) is 1. The van der Waals surface area contributed by atoms with E-state index in [1.54, 1.807) is 0 Å². The first-order valence-electron chi connectivity index (χ1n) is 7.80. The van der Waals surface area contributed by atoms with Gasteiger partial charge in [-0.25, -0.2) is 0 Å². The van der Waals surface area contributed by atoms with Crippen molar-refractivity contribution in [1.82, 2.24) is 20.0 Å². The number of halogens is 1. The number of nitrogens with one attached hydrogen (secondary N) is 1. The van der Waals surface area contributed by atoms with E-state index >= 15 is 0 Å². The zero-order chi connectivity index (χ0) is 14.0. The fourth-order valence-corrected chi connectivity index (χ4v) is 4.38. The molecular weight excluding hydrogens is 300 g/mol. The van der Waals surface area contributed by atoms with Crippen LogP contribution in [0.25, 0.3) is 10.9 Å². The minimum absolute atomic E-state index is 0. The summed E-state index contributed by atoms with van der Waals surface area (Å²) >= 11 is 0. The zero-order valence-electron chi connectivity index (χ0n) is 12.3.